The van der Waals surface area contributed by atoms with Gasteiger partial charge in [-0.15, -0.1) is 0 Å². The second kappa shape index (κ2) is 8.69. The highest BCUT2D eigenvalue weighted by molar-refractivity contribution is 5.85. The van der Waals surface area contributed by atoms with Crippen LogP contribution in [0.2, 0.25) is 0 Å². The number of benzene rings is 1. The van der Waals surface area contributed by atoms with Crippen LogP contribution in [0.3, 0.4) is 0 Å². The Morgan fingerprint density at radius 2 is 2.00 bits per heavy atom. The highest BCUT2D eigenvalue weighted by atomic mass is 16.6. The molecule has 0 unspecified atom stereocenters. The Morgan fingerprint density at radius 3 is 2.52 bits per heavy atom. The van der Waals surface area contributed by atoms with Crippen LogP contribution in [0.4, 0.5) is 5.69 Å². The number of nitrogens with zero attached hydrogens (tertiary/aromatic N) is 1. The number of ether oxygens (including phenoxy) is 3. The van der Waals surface area contributed by atoms with Gasteiger partial charge in [-0.2, -0.15) is 0 Å². The van der Waals surface area contributed by atoms with Gasteiger partial charge in [-0.25, -0.2) is 4.79 Å². The van der Waals surface area contributed by atoms with Crippen molar-refractivity contribution in [3.8, 4) is 5.75 Å². The number of carbonyl (C=O) groups excluding carboxylic acids is 2. The summed E-state index contributed by atoms with van der Waals surface area (Å²) in [5.74, 6) is -1.05. The summed E-state index contributed by atoms with van der Waals surface area (Å²) < 4.78 is 14.2. The van der Waals surface area contributed by atoms with Crippen molar-refractivity contribution in [2.45, 2.75) is 12.5 Å². The van der Waals surface area contributed by atoms with Gasteiger partial charge in [0.1, 0.15) is 12.6 Å². The summed E-state index contributed by atoms with van der Waals surface area (Å²) in [7, 11) is 3.86. The Kier molecular flexibility index (Phi) is 6.94. The number of nitro groups is 1. The number of esters is 1. The lowest BCUT2D eigenvalue weighted by Gasteiger charge is -2.16. The van der Waals surface area contributed by atoms with Gasteiger partial charge in [0.2, 0.25) is 5.91 Å². The van der Waals surface area contributed by atoms with E-state index in [0.717, 1.165) is 0 Å². The summed E-state index contributed by atoms with van der Waals surface area (Å²) in [6, 6.07) is 3.32. The van der Waals surface area contributed by atoms with Crippen LogP contribution in [0.25, 0.3) is 0 Å². The molecule has 0 radical (unpaired) electrons. The molecule has 23 heavy (non-hydrogen) atoms. The first-order chi connectivity index (χ1) is 10.9. The number of rotatable bonds is 8. The molecule has 0 bridgehead atoms. The lowest BCUT2D eigenvalue weighted by Crippen LogP contribution is -2.44. The molecule has 1 aromatic rings. The third-order valence-corrected chi connectivity index (χ3v) is 2.98. The van der Waals surface area contributed by atoms with Gasteiger partial charge in [-0.3, -0.25) is 14.9 Å². The molecule has 0 heterocycles. The van der Waals surface area contributed by atoms with Crippen molar-refractivity contribution in [2.75, 3.05) is 27.9 Å². The van der Waals surface area contributed by atoms with E-state index in [1.165, 1.54) is 33.5 Å². The molecule has 1 atom stereocenters. The van der Waals surface area contributed by atoms with Gasteiger partial charge in [-0.1, -0.05) is 6.07 Å². The summed E-state index contributed by atoms with van der Waals surface area (Å²) in [5.41, 5.74) is 0.252. The van der Waals surface area contributed by atoms with Gasteiger partial charge in [0, 0.05) is 19.6 Å². The fourth-order valence-corrected chi connectivity index (χ4v) is 1.94. The maximum Gasteiger partial charge on any atom is 0.328 e. The average molecular weight is 326 g/mol. The first kappa shape index (κ1) is 18.4. The monoisotopic (exact) mass is 326 g/mol. The van der Waals surface area contributed by atoms with Gasteiger partial charge in [-0.05, 0) is 11.6 Å². The zero-order chi connectivity index (χ0) is 17.4. The van der Waals surface area contributed by atoms with Crippen molar-refractivity contribution in [1.29, 1.82) is 0 Å². The van der Waals surface area contributed by atoms with Gasteiger partial charge in [0.15, 0.2) is 5.75 Å². The minimum absolute atomic E-state index is 0.0347. The zero-order valence-corrected chi connectivity index (χ0v) is 13.0. The van der Waals surface area contributed by atoms with Crippen LogP contribution in [-0.4, -0.2) is 50.8 Å². The van der Waals surface area contributed by atoms with Crippen LogP contribution in [-0.2, 0) is 25.5 Å². The molecule has 0 aliphatic heterocycles. The van der Waals surface area contributed by atoms with E-state index in [1.54, 1.807) is 6.07 Å². The van der Waals surface area contributed by atoms with E-state index in [9.17, 15) is 19.7 Å². The fourth-order valence-electron chi connectivity index (χ4n) is 1.94. The third kappa shape index (κ3) is 5.22. The summed E-state index contributed by atoms with van der Waals surface area (Å²) in [6.07, 6.45) is 0.0347. The van der Waals surface area contributed by atoms with Crippen molar-refractivity contribution >= 4 is 17.6 Å². The summed E-state index contributed by atoms with van der Waals surface area (Å²) in [4.78, 5) is 33.8. The van der Waals surface area contributed by atoms with E-state index in [1.807, 2.05) is 0 Å². The Morgan fingerprint density at radius 1 is 1.30 bits per heavy atom. The third-order valence-electron chi connectivity index (χ3n) is 2.98. The summed E-state index contributed by atoms with van der Waals surface area (Å²) in [5, 5.41) is 13.5. The summed E-state index contributed by atoms with van der Waals surface area (Å²) >= 11 is 0. The number of methoxy groups -OCH3 is 3. The smallest absolute Gasteiger partial charge is 0.328 e. The van der Waals surface area contributed by atoms with Crippen molar-refractivity contribution in [3.63, 3.8) is 0 Å². The molecule has 0 aromatic heterocycles. The predicted octanol–water partition coefficient (Wildman–Crippen LogP) is 0.450. The minimum atomic E-state index is -0.976. The molecule has 0 fully saturated rings. The number of hydrogen-bond acceptors (Lipinski definition) is 7. The van der Waals surface area contributed by atoms with Crippen LogP contribution >= 0.6 is 0 Å². The molecule has 0 spiro atoms. The standard InChI is InChI=1S/C14H18N2O7/c1-21-8-13(17)15-10(14(18)23-3)6-9-4-5-12(22-2)11(7-9)16(19)20/h4-5,7,10H,6,8H2,1-3H3,(H,15,17)/t10-/m0/s1. The lowest BCUT2D eigenvalue weighted by molar-refractivity contribution is -0.385. The van der Waals surface area contributed by atoms with Crippen LogP contribution < -0.4 is 10.1 Å². The van der Waals surface area contributed by atoms with Crippen LogP contribution in [0.15, 0.2) is 18.2 Å². The second-order valence-electron chi connectivity index (χ2n) is 4.54. The van der Waals surface area contributed by atoms with Gasteiger partial charge < -0.3 is 19.5 Å². The van der Waals surface area contributed by atoms with Crippen LogP contribution in [0.1, 0.15) is 5.56 Å². The van der Waals surface area contributed by atoms with E-state index in [-0.39, 0.29) is 24.5 Å². The Labute approximate surface area is 132 Å². The average Bonchev–Trinajstić information content (AvgIpc) is 2.53. The molecular formula is C14H18N2O7. The molecule has 0 aliphatic rings. The minimum Gasteiger partial charge on any atom is -0.490 e. The molecule has 9 nitrogen and oxygen atoms in total. The maximum absolute atomic E-state index is 11.8. The van der Waals surface area contributed by atoms with Crippen molar-refractivity contribution in [2.24, 2.45) is 0 Å². The van der Waals surface area contributed by atoms with Gasteiger partial charge in [0.05, 0.1) is 19.1 Å². The fraction of sp³-hybridized carbons (Fsp3) is 0.429. The SMILES string of the molecule is COCC(=O)N[C@@H](Cc1ccc(OC)c([N+](=O)[O-])c1)C(=O)OC. The largest absolute Gasteiger partial charge is 0.490 e. The number of nitrogens with one attached hydrogen (secondary N) is 1. The highest BCUT2D eigenvalue weighted by Gasteiger charge is 2.24. The lowest BCUT2D eigenvalue weighted by atomic mass is 10.0. The van der Waals surface area contributed by atoms with E-state index in [2.05, 4.69) is 14.8 Å². The van der Waals surface area contributed by atoms with Gasteiger partial charge >= 0.3 is 11.7 Å². The summed E-state index contributed by atoms with van der Waals surface area (Å²) in [6.45, 7) is -0.212. The molecular weight excluding hydrogens is 308 g/mol. The topological polar surface area (TPSA) is 117 Å². The van der Waals surface area contributed by atoms with E-state index < -0.39 is 22.8 Å². The predicted molar refractivity (Wildman–Crippen MR) is 79.2 cm³/mol. The Hall–Kier alpha value is -2.68. The molecule has 0 saturated carbocycles. The number of carbonyl (C=O) groups is 2. The number of nitro benzene ring substituents is 1. The Bertz CT molecular complexity index is 588. The molecule has 9 heteroatoms. The van der Waals surface area contributed by atoms with Crippen LogP contribution in [0, 0.1) is 10.1 Å². The molecule has 0 aliphatic carbocycles. The number of amides is 1. The van der Waals surface area contributed by atoms with E-state index >= 15 is 0 Å². The second-order valence-corrected chi connectivity index (χ2v) is 4.54. The normalized spacial score (nSPS) is 11.4. The molecule has 0 saturated heterocycles. The molecule has 126 valence electrons. The zero-order valence-electron chi connectivity index (χ0n) is 13.0. The molecule has 1 N–H and O–H groups in total. The molecule has 1 amide bonds. The van der Waals surface area contributed by atoms with Gasteiger partial charge in [0.25, 0.3) is 0 Å². The first-order valence-corrected chi connectivity index (χ1v) is 6.60. The van der Waals surface area contributed by atoms with Crippen LogP contribution in [0.5, 0.6) is 5.75 Å². The molecule has 1 aromatic carbocycles. The Balaban J connectivity index is 2.99. The van der Waals surface area contributed by atoms with E-state index in [0.29, 0.717) is 5.56 Å². The van der Waals surface area contributed by atoms with Crippen molar-refractivity contribution < 1.29 is 28.7 Å². The van der Waals surface area contributed by atoms with Crippen molar-refractivity contribution in [3.05, 3.63) is 33.9 Å². The first-order valence-electron chi connectivity index (χ1n) is 6.60. The van der Waals surface area contributed by atoms with Crippen molar-refractivity contribution in [1.82, 2.24) is 5.32 Å². The van der Waals surface area contributed by atoms with E-state index in [4.69, 9.17) is 4.74 Å². The quantitative estimate of drug-likeness (QED) is 0.419. The number of hydrogen-bond donors (Lipinski definition) is 1. The highest BCUT2D eigenvalue weighted by Crippen LogP contribution is 2.28. The maximum atomic E-state index is 11.8. The molecule has 1 rings (SSSR count).